The second kappa shape index (κ2) is 15.8. The number of H-pyrrole nitrogens is 1. The van der Waals surface area contributed by atoms with Crippen molar-refractivity contribution < 1.29 is 33.6 Å². The van der Waals surface area contributed by atoms with Gasteiger partial charge in [0.25, 0.3) is 17.7 Å². The molecule has 4 aliphatic rings. The molecule has 4 N–H and O–H groups in total. The summed E-state index contributed by atoms with van der Waals surface area (Å²) in [7, 11) is 0. The Morgan fingerprint density at radius 3 is 2.56 bits per heavy atom. The number of aliphatic hydroxyl groups is 1. The average Bonchev–Trinajstić information content (AvgIpc) is 4.00. The van der Waals surface area contributed by atoms with Crippen LogP contribution in [0.5, 0.6) is 0 Å². The highest BCUT2D eigenvalue weighted by molar-refractivity contribution is 6.25. The summed E-state index contributed by atoms with van der Waals surface area (Å²) in [6.07, 6.45) is 4.96. The van der Waals surface area contributed by atoms with Gasteiger partial charge in [-0.25, -0.2) is 4.98 Å². The molecule has 5 amide bonds. The van der Waals surface area contributed by atoms with Gasteiger partial charge in [-0.15, -0.1) is 0 Å². The molecule has 3 saturated heterocycles. The third-order valence-electron chi connectivity index (χ3n) is 12.1. The normalized spacial score (nSPS) is 21.4. The smallest absolute Gasteiger partial charge is 0.264 e. The van der Waals surface area contributed by atoms with E-state index in [2.05, 4.69) is 42.5 Å². The molecule has 9 rings (SSSR count). The monoisotopic (exact) mass is 799 g/mol. The van der Waals surface area contributed by atoms with E-state index in [1.165, 1.54) is 0 Å². The van der Waals surface area contributed by atoms with Crippen LogP contribution in [0.1, 0.15) is 94.7 Å². The number of nitrogens with zero attached hydrogens (tertiary/aromatic N) is 6. The highest BCUT2D eigenvalue weighted by Crippen LogP contribution is 2.36. The standard InChI is InChI=1S/C43H45N9O7/c1-24-20-29(53)22-51(24)23-35-45-31-13-12-28(21-32(31)46-35)44-40(55)27-10-8-26(9-11-27)39-48-37(59-49-39)7-2-4-25-16-18-50(19-17-25)33-6-3-5-30-38(33)43(58)52(42(30)57)34-14-15-36(54)47-41(34)56/h3,5-6,8-13,21,24-25,29,34,53H,2,4,7,14-20,22-23H2,1H3,(H,44,55)(H,45,46)(H,47,54,56)/t24-,29-,34?/m0/s1. The number of imidazole rings is 1. The first-order chi connectivity index (χ1) is 28.6. The summed E-state index contributed by atoms with van der Waals surface area (Å²) in [4.78, 5) is 82.2. The number of piperidine rings is 2. The fraction of sp³-hybridized carbons (Fsp3) is 0.395. The zero-order chi connectivity index (χ0) is 40.8. The van der Waals surface area contributed by atoms with Gasteiger partial charge in [0.2, 0.25) is 23.5 Å². The van der Waals surface area contributed by atoms with Crippen LogP contribution >= 0.6 is 0 Å². The number of anilines is 2. The Bertz CT molecular complexity index is 2450. The number of aromatic amines is 1. The number of hydrogen-bond acceptors (Lipinski definition) is 12. The van der Waals surface area contributed by atoms with Gasteiger partial charge in [0.1, 0.15) is 11.9 Å². The maximum Gasteiger partial charge on any atom is 0.264 e. The van der Waals surface area contributed by atoms with E-state index in [4.69, 9.17) is 9.51 Å². The number of β-amino-alcohol motifs (C(OH)–C–C–N with tert-alkyl or cyclic N) is 1. The topological polar surface area (TPSA) is 207 Å². The lowest BCUT2D eigenvalue weighted by Crippen LogP contribution is -2.54. The number of aliphatic hydroxyl groups excluding tert-OH is 1. The Kier molecular flexibility index (Phi) is 10.3. The molecule has 3 fully saturated rings. The van der Waals surface area contributed by atoms with Crippen LogP contribution in [0.3, 0.4) is 0 Å². The van der Waals surface area contributed by atoms with Crippen molar-refractivity contribution in [2.75, 3.05) is 29.9 Å². The Labute approximate surface area is 339 Å². The summed E-state index contributed by atoms with van der Waals surface area (Å²) in [6, 6.07) is 17.2. The van der Waals surface area contributed by atoms with E-state index < -0.39 is 29.7 Å². The third-order valence-corrected chi connectivity index (χ3v) is 12.1. The van der Waals surface area contributed by atoms with Crippen molar-refractivity contribution in [1.82, 2.24) is 35.2 Å². The Morgan fingerprint density at radius 1 is 0.983 bits per heavy atom. The van der Waals surface area contributed by atoms with Gasteiger partial charge in [-0.05, 0) is 93.8 Å². The van der Waals surface area contributed by atoms with Crippen LogP contribution in [0.25, 0.3) is 22.4 Å². The van der Waals surface area contributed by atoms with E-state index in [9.17, 15) is 29.1 Å². The van der Waals surface area contributed by atoms with Gasteiger partial charge in [0.15, 0.2) is 0 Å². The quantitative estimate of drug-likeness (QED) is 0.137. The highest BCUT2D eigenvalue weighted by Gasteiger charge is 2.46. The summed E-state index contributed by atoms with van der Waals surface area (Å²) in [5, 5.41) is 19.4. The lowest BCUT2D eigenvalue weighted by Gasteiger charge is -2.34. The van der Waals surface area contributed by atoms with Gasteiger partial charge in [0.05, 0.1) is 40.5 Å². The number of fused-ring (bicyclic) bond motifs is 2. The number of imide groups is 2. The minimum atomic E-state index is -0.995. The minimum Gasteiger partial charge on any atom is -0.392 e. The molecule has 0 saturated carbocycles. The third kappa shape index (κ3) is 7.72. The molecule has 3 aromatic carbocycles. The Morgan fingerprint density at radius 2 is 1.80 bits per heavy atom. The molecule has 0 aliphatic carbocycles. The number of nitrogens with one attached hydrogen (secondary N) is 3. The maximum atomic E-state index is 13.6. The lowest BCUT2D eigenvalue weighted by atomic mass is 9.91. The molecule has 0 bridgehead atoms. The molecular formula is C43H45N9O7. The zero-order valence-electron chi connectivity index (χ0n) is 32.6. The van der Waals surface area contributed by atoms with Gasteiger partial charge < -0.3 is 24.8 Å². The second-order valence-corrected chi connectivity index (χ2v) is 16.1. The van der Waals surface area contributed by atoms with Crippen molar-refractivity contribution in [2.24, 2.45) is 5.92 Å². The first-order valence-electron chi connectivity index (χ1n) is 20.3. The molecule has 2 aromatic heterocycles. The number of carbonyl (C=O) groups is 5. The molecule has 59 heavy (non-hydrogen) atoms. The maximum absolute atomic E-state index is 13.6. The van der Waals surface area contributed by atoms with Crippen molar-refractivity contribution in [3.05, 3.63) is 89.1 Å². The molecule has 304 valence electrons. The molecule has 16 heteroatoms. The number of aryl methyl sites for hydroxylation is 1. The predicted molar refractivity (Wildman–Crippen MR) is 215 cm³/mol. The van der Waals surface area contributed by atoms with E-state index in [0.717, 1.165) is 72.5 Å². The summed E-state index contributed by atoms with van der Waals surface area (Å²) in [6.45, 7) is 4.81. The van der Waals surface area contributed by atoms with Crippen molar-refractivity contribution in [3.8, 4) is 11.4 Å². The van der Waals surface area contributed by atoms with E-state index in [0.29, 0.717) is 65.2 Å². The lowest BCUT2D eigenvalue weighted by molar-refractivity contribution is -0.136. The molecule has 1 unspecified atom stereocenters. The summed E-state index contributed by atoms with van der Waals surface area (Å²) in [5.41, 5.74) is 4.82. The fourth-order valence-electron chi connectivity index (χ4n) is 8.90. The summed E-state index contributed by atoms with van der Waals surface area (Å²) >= 11 is 0. The van der Waals surface area contributed by atoms with Gasteiger partial charge in [-0.1, -0.05) is 23.4 Å². The number of benzene rings is 3. The molecule has 3 atom stereocenters. The van der Waals surface area contributed by atoms with Crippen LogP contribution in [-0.2, 0) is 22.6 Å². The van der Waals surface area contributed by atoms with Crippen LogP contribution in [-0.4, -0.2) is 102 Å². The Hall–Kier alpha value is -6.26. The van der Waals surface area contributed by atoms with Crippen molar-refractivity contribution in [1.29, 1.82) is 0 Å². The van der Waals surface area contributed by atoms with Crippen molar-refractivity contribution in [2.45, 2.75) is 83.0 Å². The van der Waals surface area contributed by atoms with Gasteiger partial charge >= 0.3 is 0 Å². The molecular weight excluding hydrogens is 755 g/mol. The molecule has 0 radical (unpaired) electrons. The molecule has 5 aromatic rings. The van der Waals surface area contributed by atoms with Gasteiger partial charge in [-0.3, -0.25) is 39.1 Å². The molecule has 6 heterocycles. The zero-order valence-corrected chi connectivity index (χ0v) is 32.6. The van der Waals surface area contributed by atoms with Gasteiger partial charge in [-0.2, -0.15) is 4.98 Å². The van der Waals surface area contributed by atoms with Crippen LogP contribution in [0, 0.1) is 5.92 Å². The van der Waals surface area contributed by atoms with E-state index >= 15 is 0 Å². The summed E-state index contributed by atoms with van der Waals surface area (Å²) in [5.74, 6) is 0.0378. The fourth-order valence-corrected chi connectivity index (χ4v) is 8.90. The largest absolute Gasteiger partial charge is 0.392 e. The van der Waals surface area contributed by atoms with Crippen LogP contribution in [0.15, 0.2) is 65.2 Å². The average molecular weight is 800 g/mol. The molecule has 0 spiro atoms. The molecule has 4 aliphatic heterocycles. The number of amides is 5. The number of likely N-dealkylation sites (tertiary alicyclic amines) is 1. The van der Waals surface area contributed by atoms with Crippen LogP contribution < -0.4 is 15.5 Å². The van der Waals surface area contributed by atoms with E-state index in [-0.39, 0.29) is 30.9 Å². The number of aromatic nitrogens is 4. The number of rotatable bonds is 11. The first kappa shape index (κ1) is 38.3. The van der Waals surface area contributed by atoms with Crippen LogP contribution in [0.4, 0.5) is 11.4 Å². The van der Waals surface area contributed by atoms with Crippen LogP contribution in [0.2, 0.25) is 0 Å². The SMILES string of the molecule is C[C@H]1C[C@H](O)CN1Cc1nc2cc(NC(=O)c3ccc(-c4noc(CCCC5CCN(c6cccc7c6C(=O)N(C6CCC(=O)NC6=O)C7=O)CC5)n4)cc3)ccc2[nH]1. The molecule has 16 nitrogen and oxygen atoms in total. The number of hydrogen-bond donors (Lipinski definition) is 4. The Balaban J connectivity index is 0.744. The first-order valence-corrected chi connectivity index (χ1v) is 20.3. The predicted octanol–water partition coefficient (Wildman–Crippen LogP) is 4.46. The van der Waals surface area contributed by atoms with E-state index in [1.807, 2.05) is 24.3 Å². The highest BCUT2D eigenvalue weighted by atomic mass is 16.5. The number of carbonyl (C=O) groups excluding carboxylic acids is 5. The van der Waals surface area contributed by atoms with Crippen molar-refractivity contribution in [3.63, 3.8) is 0 Å². The van der Waals surface area contributed by atoms with Crippen molar-refractivity contribution >= 4 is 51.9 Å². The summed E-state index contributed by atoms with van der Waals surface area (Å²) < 4.78 is 5.57. The van der Waals surface area contributed by atoms with E-state index in [1.54, 1.807) is 36.4 Å². The minimum absolute atomic E-state index is 0.0787. The second-order valence-electron chi connectivity index (χ2n) is 16.1. The van der Waals surface area contributed by atoms with Gasteiger partial charge in [0, 0.05) is 55.3 Å².